The summed E-state index contributed by atoms with van der Waals surface area (Å²) in [5.41, 5.74) is 1.81. The van der Waals surface area contributed by atoms with E-state index in [9.17, 15) is 0 Å². The lowest BCUT2D eigenvalue weighted by Crippen LogP contribution is -2.23. The van der Waals surface area contributed by atoms with E-state index in [-0.39, 0.29) is 0 Å². The summed E-state index contributed by atoms with van der Waals surface area (Å²) in [5, 5.41) is 0. The minimum absolute atomic E-state index is 0.343. The first-order valence-corrected chi connectivity index (χ1v) is 5.48. The standard InChI is InChI=1S/C14H22/c1-11(2)13(14(3,4)5)12-9-7-6-8-10-12/h6-11,13H,1-5H3/t13-/m1/s1. The maximum atomic E-state index is 2.32. The molecule has 1 rings (SSSR count). The van der Waals surface area contributed by atoms with E-state index in [2.05, 4.69) is 65.0 Å². The molecule has 0 nitrogen and oxygen atoms in total. The van der Waals surface area contributed by atoms with Crippen molar-refractivity contribution >= 4 is 0 Å². The van der Waals surface area contributed by atoms with Crippen LogP contribution in [0.3, 0.4) is 0 Å². The highest BCUT2D eigenvalue weighted by Crippen LogP contribution is 2.40. The number of rotatable bonds is 2. The van der Waals surface area contributed by atoms with E-state index in [1.165, 1.54) is 5.56 Å². The molecule has 0 unspecified atom stereocenters. The van der Waals surface area contributed by atoms with E-state index >= 15 is 0 Å². The van der Waals surface area contributed by atoms with Crippen molar-refractivity contribution in [3.8, 4) is 0 Å². The molecule has 0 aliphatic rings. The van der Waals surface area contributed by atoms with Crippen molar-refractivity contribution in [3.63, 3.8) is 0 Å². The minimum Gasteiger partial charge on any atom is -0.0622 e. The monoisotopic (exact) mass is 190 g/mol. The van der Waals surface area contributed by atoms with Crippen LogP contribution >= 0.6 is 0 Å². The van der Waals surface area contributed by atoms with E-state index in [0.29, 0.717) is 17.3 Å². The Balaban J connectivity index is 3.02. The smallest absolute Gasteiger partial charge is 0.00902 e. The van der Waals surface area contributed by atoms with Crippen LogP contribution in [-0.2, 0) is 0 Å². The molecule has 0 heteroatoms. The third kappa shape index (κ3) is 2.60. The van der Waals surface area contributed by atoms with Gasteiger partial charge in [-0.25, -0.2) is 0 Å². The van der Waals surface area contributed by atoms with Gasteiger partial charge in [0.2, 0.25) is 0 Å². The quantitative estimate of drug-likeness (QED) is 0.645. The molecule has 0 aliphatic heterocycles. The summed E-state index contributed by atoms with van der Waals surface area (Å²) in [7, 11) is 0. The molecule has 0 fully saturated rings. The zero-order chi connectivity index (χ0) is 10.8. The molecule has 78 valence electrons. The van der Waals surface area contributed by atoms with Crippen LogP contribution in [0.25, 0.3) is 0 Å². The maximum absolute atomic E-state index is 2.32. The Hall–Kier alpha value is -0.780. The van der Waals surface area contributed by atoms with Crippen LogP contribution in [0.2, 0.25) is 0 Å². The highest BCUT2D eigenvalue weighted by atomic mass is 14.3. The fraction of sp³-hybridized carbons (Fsp3) is 0.571. The second-order valence-electron chi connectivity index (χ2n) is 5.50. The highest BCUT2D eigenvalue weighted by Gasteiger charge is 2.28. The van der Waals surface area contributed by atoms with Crippen molar-refractivity contribution in [1.29, 1.82) is 0 Å². The first-order chi connectivity index (χ1) is 6.43. The second-order valence-corrected chi connectivity index (χ2v) is 5.50. The van der Waals surface area contributed by atoms with E-state index < -0.39 is 0 Å². The van der Waals surface area contributed by atoms with Gasteiger partial charge in [-0.3, -0.25) is 0 Å². The van der Waals surface area contributed by atoms with Crippen LogP contribution in [0.5, 0.6) is 0 Å². The zero-order valence-corrected chi connectivity index (χ0v) is 10.0. The number of hydrogen-bond acceptors (Lipinski definition) is 0. The lowest BCUT2D eigenvalue weighted by Gasteiger charge is -2.34. The third-order valence-corrected chi connectivity index (χ3v) is 2.76. The molecule has 0 N–H and O–H groups in total. The average molecular weight is 190 g/mol. The largest absolute Gasteiger partial charge is 0.0622 e. The minimum atomic E-state index is 0.343. The molecular formula is C14H22. The Morgan fingerprint density at radius 2 is 1.43 bits per heavy atom. The molecule has 0 bridgehead atoms. The van der Waals surface area contributed by atoms with Crippen molar-refractivity contribution < 1.29 is 0 Å². The summed E-state index contributed by atoms with van der Waals surface area (Å²) >= 11 is 0. The van der Waals surface area contributed by atoms with Gasteiger partial charge in [0.05, 0.1) is 0 Å². The predicted octanol–water partition coefficient (Wildman–Crippen LogP) is 4.47. The van der Waals surface area contributed by atoms with Gasteiger partial charge in [-0.15, -0.1) is 0 Å². The van der Waals surface area contributed by atoms with Crippen LogP contribution in [0.15, 0.2) is 30.3 Å². The van der Waals surface area contributed by atoms with Crippen LogP contribution < -0.4 is 0 Å². The van der Waals surface area contributed by atoms with Crippen LogP contribution in [0.1, 0.15) is 46.1 Å². The number of benzene rings is 1. The summed E-state index contributed by atoms with van der Waals surface area (Å²) in [5.74, 6) is 1.33. The van der Waals surface area contributed by atoms with Gasteiger partial charge < -0.3 is 0 Å². The molecule has 0 aliphatic carbocycles. The van der Waals surface area contributed by atoms with Crippen molar-refractivity contribution in [1.82, 2.24) is 0 Å². The van der Waals surface area contributed by atoms with Crippen molar-refractivity contribution in [2.24, 2.45) is 11.3 Å². The van der Waals surface area contributed by atoms with E-state index in [1.54, 1.807) is 0 Å². The fourth-order valence-electron chi connectivity index (χ4n) is 2.55. The Bertz CT molecular complexity index is 264. The highest BCUT2D eigenvalue weighted by molar-refractivity contribution is 5.21. The SMILES string of the molecule is CC(C)[C@H](c1ccccc1)C(C)(C)C. The van der Waals surface area contributed by atoms with Gasteiger partial charge in [0.15, 0.2) is 0 Å². The molecule has 0 amide bonds. The van der Waals surface area contributed by atoms with Crippen LogP contribution in [0, 0.1) is 11.3 Å². The molecule has 0 heterocycles. The summed E-state index contributed by atoms with van der Waals surface area (Å²) in [6.45, 7) is 11.6. The molecule has 1 atom stereocenters. The van der Waals surface area contributed by atoms with Crippen LogP contribution in [0.4, 0.5) is 0 Å². The van der Waals surface area contributed by atoms with Crippen molar-refractivity contribution in [2.75, 3.05) is 0 Å². The topological polar surface area (TPSA) is 0 Å². The molecule has 0 aromatic heterocycles. The van der Waals surface area contributed by atoms with E-state index in [0.717, 1.165) is 0 Å². The zero-order valence-electron chi connectivity index (χ0n) is 10.0. The van der Waals surface area contributed by atoms with Crippen molar-refractivity contribution in [2.45, 2.75) is 40.5 Å². The normalized spacial score (nSPS) is 14.4. The van der Waals surface area contributed by atoms with Gasteiger partial charge in [-0.05, 0) is 22.8 Å². The van der Waals surface area contributed by atoms with E-state index in [4.69, 9.17) is 0 Å². The molecule has 0 spiro atoms. The van der Waals surface area contributed by atoms with E-state index in [1.807, 2.05) is 0 Å². The number of hydrogen-bond donors (Lipinski definition) is 0. The van der Waals surface area contributed by atoms with Gasteiger partial charge in [0.25, 0.3) is 0 Å². The molecular weight excluding hydrogens is 168 g/mol. The maximum Gasteiger partial charge on any atom is -0.00902 e. The summed E-state index contributed by atoms with van der Waals surface area (Å²) in [6.07, 6.45) is 0. The van der Waals surface area contributed by atoms with Gasteiger partial charge in [0.1, 0.15) is 0 Å². The van der Waals surface area contributed by atoms with Gasteiger partial charge >= 0.3 is 0 Å². The summed E-state index contributed by atoms with van der Waals surface area (Å²) in [6, 6.07) is 10.8. The van der Waals surface area contributed by atoms with Crippen LogP contribution in [-0.4, -0.2) is 0 Å². The Labute approximate surface area is 88.4 Å². The third-order valence-electron chi connectivity index (χ3n) is 2.76. The Morgan fingerprint density at radius 1 is 0.929 bits per heavy atom. The molecule has 0 saturated heterocycles. The summed E-state index contributed by atoms with van der Waals surface area (Å²) in [4.78, 5) is 0. The first kappa shape index (κ1) is 11.3. The second kappa shape index (κ2) is 4.16. The fourth-order valence-corrected chi connectivity index (χ4v) is 2.55. The summed E-state index contributed by atoms with van der Waals surface area (Å²) < 4.78 is 0. The Morgan fingerprint density at radius 3 is 1.79 bits per heavy atom. The molecule has 0 saturated carbocycles. The molecule has 1 aromatic carbocycles. The Kier molecular flexibility index (Phi) is 3.36. The molecule has 0 radical (unpaired) electrons. The van der Waals surface area contributed by atoms with Gasteiger partial charge in [-0.1, -0.05) is 65.0 Å². The lowest BCUT2D eigenvalue weighted by atomic mass is 9.71. The molecule has 14 heavy (non-hydrogen) atoms. The predicted molar refractivity (Wildman–Crippen MR) is 63.5 cm³/mol. The van der Waals surface area contributed by atoms with Gasteiger partial charge in [0, 0.05) is 0 Å². The van der Waals surface area contributed by atoms with Crippen molar-refractivity contribution in [3.05, 3.63) is 35.9 Å². The first-order valence-electron chi connectivity index (χ1n) is 5.48. The average Bonchev–Trinajstić information content (AvgIpc) is 2.02. The van der Waals surface area contributed by atoms with Gasteiger partial charge in [-0.2, -0.15) is 0 Å². The lowest BCUT2D eigenvalue weighted by molar-refractivity contribution is 0.258. The molecule has 1 aromatic rings.